The lowest BCUT2D eigenvalue weighted by Gasteiger charge is -2.38. The molecule has 0 saturated heterocycles. The summed E-state index contributed by atoms with van der Waals surface area (Å²) in [6, 6.07) is 0. The second-order valence-electron chi connectivity index (χ2n) is 4.19. The molecule has 2 N–H and O–H groups in total. The van der Waals surface area contributed by atoms with E-state index in [0.717, 1.165) is 12.0 Å². The van der Waals surface area contributed by atoms with E-state index in [1.165, 1.54) is 0 Å². The van der Waals surface area contributed by atoms with Crippen LogP contribution in [0.1, 0.15) is 33.1 Å². The van der Waals surface area contributed by atoms with E-state index in [4.69, 9.17) is 0 Å². The van der Waals surface area contributed by atoms with Crippen molar-refractivity contribution in [3.63, 3.8) is 0 Å². The zero-order valence-corrected chi connectivity index (χ0v) is 7.88. The number of aliphatic hydroxyl groups is 2. The molecular formula is C10H18O2. The van der Waals surface area contributed by atoms with Crippen molar-refractivity contribution in [2.75, 3.05) is 0 Å². The molecule has 2 heteroatoms. The van der Waals surface area contributed by atoms with Crippen LogP contribution in [-0.4, -0.2) is 21.9 Å². The Morgan fingerprint density at radius 2 is 2.17 bits per heavy atom. The van der Waals surface area contributed by atoms with E-state index in [1.807, 2.05) is 6.92 Å². The molecule has 1 fully saturated rings. The maximum Gasteiger partial charge on any atom is 0.0877 e. The Hall–Kier alpha value is -0.340. The van der Waals surface area contributed by atoms with E-state index in [9.17, 15) is 10.2 Å². The Kier molecular flexibility index (Phi) is 2.59. The van der Waals surface area contributed by atoms with Gasteiger partial charge in [0.25, 0.3) is 0 Å². The number of aliphatic hydroxyl groups excluding tert-OH is 1. The van der Waals surface area contributed by atoms with Gasteiger partial charge < -0.3 is 10.2 Å². The molecule has 0 radical (unpaired) electrons. The molecule has 0 aromatic rings. The SMILES string of the molecule is C=C(C)[C@@H]1CC[C@](C)(O)C(O)C1. The third-order valence-electron chi connectivity index (χ3n) is 2.92. The lowest BCUT2D eigenvalue weighted by molar-refractivity contribution is -0.0952. The zero-order chi connectivity index (χ0) is 9.35. The highest BCUT2D eigenvalue weighted by Crippen LogP contribution is 2.34. The van der Waals surface area contributed by atoms with Gasteiger partial charge >= 0.3 is 0 Å². The van der Waals surface area contributed by atoms with Crippen molar-refractivity contribution in [2.24, 2.45) is 5.92 Å². The summed E-state index contributed by atoms with van der Waals surface area (Å²) >= 11 is 0. The first-order valence-corrected chi connectivity index (χ1v) is 4.49. The molecule has 3 atom stereocenters. The first-order valence-electron chi connectivity index (χ1n) is 4.49. The van der Waals surface area contributed by atoms with Gasteiger partial charge in [0.2, 0.25) is 0 Å². The lowest BCUT2D eigenvalue weighted by atomic mass is 9.75. The van der Waals surface area contributed by atoms with E-state index in [0.29, 0.717) is 18.8 Å². The number of allylic oxidation sites excluding steroid dienone is 1. The van der Waals surface area contributed by atoms with Crippen molar-refractivity contribution in [1.82, 2.24) is 0 Å². The molecule has 0 aromatic heterocycles. The summed E-state index contributed by atoms with van der Waals surface area (Å²) in [5, 5.41) is 19.2. The topological polar surface area (TPSA) is 40.5 Å². The van der Waals surface area contributed by atoms with E-state index in [2.05, 4.69) is 6.58 Å². The zero-order valence-electron chi connectivity index (χ0n) is 7.88. The van der Waals surface area contributed by atoms with Crippen LogP contribution in [0, 0.1) is 5.92 Å². The van der Waals surface area contributed by atoms with Gasteiger partial charge in [-0.25, -0.2) is 0 Å². The molecular weight excluding hydrogens is 152 g/mol. The van der Waals surface area contributed by atoms with Crippen LogP contribution in [0.25, 0.3) is 0 Å². The smallest absolute Gasteiger partial charge is 0.0877 e. The van der Waals surface area contributed by atoms with Crippen molar-refractivity contribution in [3.05, 3.63) is 12.2 Å². The Balaban J connectivity index is 2.58. The van der Waals surface area contributed by atoms with Gasteiger partial charge in [-0.3, -0.25) is 0 Å². The van der Waals surface area contributed by atoms with Crippen molar-refractivity contribution in [1.29, 1.82) is 0 Å². The minimum atomic E-state index is -0.883. The number of hydrogen-bond acceptors (Lipinski definition) is 2. The third kappa shape index (κ3) is 1.87. The highest BCUT2D eigenvalue weighted by Gasteiger charge is 2.37. The fourth-order valence-electron chi connectivity index (χ4n) is 1.72. The fraction of sp³-hybridized carbons (Fsp3) is 0.800. The largest absolute Gasteiger partial charge is 0.390 e. The standard InChI is InChI=1S/C10H18O2/c1-7(2)8-4-5-10(3,12)9(11)6-8/h8-9,11-12H,1,4-6H2,2-3H3/t8-,9?,10+/m1/s1. The molecule has 70 valence electrons. The van der Waals surface area contributed by atoms with Crippen LogP contribution in [0.2, 0.25) is 0 Å². The Labute approximate surface area is 73.9 Å². The second-order valence-corrected chi connectivity index (χ2v) is 4.19. The summed E-state index contributed by atoms with van der Waals surface area (Å²) in [4.78, 5) is 0. The van der Waals surface area contributed by atoms with Crippen LogP contribution in [0.15, 0.2) is 12.2 Å². The average molecular weight is 170 g/mol. The number of hydrogen-bond donors (Lipinski definition) is 2. The summed E-state index contributed by atoms with van der Waals surface area (Å²) in [5.74, 6) is 0.389. The molecule has 0 amide bonds. The van der Waals surface area contributed by atoms with Crippen LogP contribution in [0.3, 0.4) is 0 Å². The fourth-order valence-corrected chi connectivity index (χ4v) is 1.72. The van der Waals surface area contributed by atoms with E-state index in [-0.39, 0.29) is 0 Å². The molecule has 0 aliphatic heterocycles. The first kappa shape index (κ1) is 9.75. The first-order chi connectivity index (χ1) is 5.43. The minimum absolute atomic E-state index is 0.389. The third-order valence-corrected chi connectivity index (χ3v) is 2.92. The lowest BCUT2D eigenvalue weighted by Crippen LogP contribution is -2.44. The van der Waals surface area contributed by atoms with Gasteiger partial charge in [0.1, 0.15) is 0 Å². The van der Waals surface area contributed by atoms with E-state index < -0.39 is 11.7 Å². The summed E-state index contributed by atoms with van der Waals surface area (Å²) in [5.41, 5.74) is 0.232. The van der Waals surface area contributed by atoms with Gasteiger partial charge in [0.15, 0.2) is 0 Å². The average Bonchev–Trinajstić information content (AvgIpc) is 1.94. The quantitative estimate of drug-likeness (QED) is 0.585. The van der Waals surface area contributed by atoms with Gasteiger partial charge in [-0.15, -0.1) is 0 Å². The molecule has 1 rings (SSSR count). The summed E-state index contributed by atoms with van der Waals surface area (Å²) in [6.45, 7) is 7.55. The van der Waals surface area contributed by atoms with Gasteiger partial charge in [-0.05, 0) is 39.0 Å². The predicted molar refractivity (Wildman–Crippen MR) is 48.8 cm³/mol. The van der Waals surface area contributed by atoms with Crippen LogP contribution in [-0.2, 0) is 0 Å². The Bertz CT molecular complexity index is 184. The molecule has 1 saturated carbocycles. The van der Waals surface area contributed by atoms with E-state index >= 15 is 0 Å². The number of rotatable bonds is 1. The van der Waals surface area contributed by atoms with Gasteiger partial charge in [-0.1, -0.05) is 12.2 Å². The van der Waals surface area contributed by atoms with Crippen molar-refractivity contribution < 1.29 is 10.2 Å². The van der Waals surface area contributed by atoms with Crippen LogP contribution in [0.5, 0.6) is 0 Å². The second kappa shape index (κ2) is 3.19. The normalized spacial score (nSPS) is 42.7. The summed E-state index contributed by atoms with van der Waals surface area (Å²) < 4.78 is 0. The van der Waals surface area contributed by atoms with Crippen LogP contribution >= 0.6 is 0 Å². The van der Waals surface area contributed by atoms with Gasteiger partial charge in [0.05, 0.1) is 11.7 Å². The maximum atomic E-state index is 9.66. The highest BCUT2D eigenvalue weighted by atomic mass is 16.3. The van der Waals surface area contributed by atoms with Crippen LogP contribution < -0.4 is 0 Å². The molecule has 0 spiro atoms. The summed E-state index contributed by atoms with van der Waals surface area (Å²) in [6.07, 6.45) is 1.68. The van der Waals surface area contributed by atoms with Crippen LogP contribution in [0.4, 0.5) is 0 Å². The van der Waals surface area contributed by atoms with Crippen molar-refractivity contribution in [2.45, 2.75) is 44.8 Å². The molecule has 0 heterocycles. The molecule has 1 unspecified atom stereocenters. The monoisotopic (exact) mass is 170 g/mol. The predicted octanol–water partition coefficient (Wildman–Crippen LogP) is 1.47. The molecule has 2 nitrogen and oxygen atoms in total. The van der Waals surface area contributed by atoms with E-state index in [1.54, 1.807) is 6.92 Å². The highest BCUT2D eigenvalue weighted by molar-refractivity contribution is 5.02. The molecule has 0 aromatic carbocycles. The Morgan fingerprint density at radius 3 is 2.58 bits per heavy atom. The maximum absolute atomic E-state index is 9.66. The molecule has 12 heavy (non-hydrogen) atoms. The van der Waals surface area contributed by atoms with Crippen molar-refractivity contribution in [3.8, 4) is 0 Å². The van der Waals surface area contributed by atoms with Crippen molar-refractivity contribution >= 4 is 0 Å². The Morgan fingerprint density at radius 1 is 1.58 bits per heavy atom. The molecule has 1 aliphatic carbocycles. The molecule has 0 bridgehead atoms. The minimum Gasteiger partial charge on any atom is -0.390 e. The summed E-state index contributed by atoms with van der Waals surface area (Å²) in [7, 11) is 0. The molecule has 1 aliphatic rings. The van der Waals surface area contributed by atoms with Gasteiger partial charge in [-0.2, -0.15) is 0 Å². The van der Waals surface area contributed by atoms with Gasteiger partial charge in [0, 0.05) is 0 Å².